The molecule has 1 atom stereocenters. The van der Waals surface area contributed by atoms with E-state index < -0.39 is 0 Å². The fraction of sp³-hybridized carbons (Fsp3) is 0.190. The van der Waals surface area contributed by atoms with Crippen LogP contribution in [0.3, 0.4) is 0 Å². The van der Waals surface area contributed by atoms with Crippen molar-refractivity contribution < 1.29 is 9.72 Å². The number of amides is 1. The number of carbonyl (C=O) groups excluding carboxylic acids is 1. The van der Waals surface area contributed by atoms with E-state index in [-0.39, 0.29) is 22.7 Å². The predicted molar refractivity (Wildman–Crippen MR) is 105 cm³/mol. The Bertz CT molecular complexity index is 1190. The zero-order valence-electron chi connectivity index (χ0n) is 14.9. The molecule has 2 aromatic carbocycles. The Morgan fingerprint density at radius 2 is 2.11 bits per heavy atom. The Labute approximate surface area is 160 Å². The van der Waals surface area contributed by atoms with Gasteiger partial charge in [0.2, 0.25) is 0 Å². The number of nitro groups is 1. The Morgan fingerprint density at radius 1 is 1.29 bits per heavy atom. The van der Waals surface area contributed by atoms with Crippen molar-refractivity contribution in [2.75, 3.05) is 18.0 Å². The van der Waals surface area contributed by atoms with Crippen LogP contribution in [0.2, 0.25) is 0 Å². The molecule has 0 radical (unpaired) electrons. The number of rotatable bonds is 2. The van der Waals surface area contributed by atoms with E-state index in [4.69, 9.17) is 6.42 Å². The summed E-state index contributed by atoms with van der Waals surface area (Å²) in [6, 6.07) is 12.3. The molecule has 1 unspecified atom stereocenters. The molecule has 1 amide bonds. The van der Waals surface area contributed by atoms with Crippen LogP contribution >= 0.6 is 0 Å². The molecule has 3 heterocycles. The van der Waals surface area contributed by atoms with Gasteiger partial charge in [-0.3, -0.25) is 14.9 Å². The highest BCUT2D eigenvalue weighted by Crippen LogP contribution is 2.43. The van der Waals surface area contributed by atoms with E-state index in [9.17, 15) is 14.9 Å². The summed E-state index contributed by atoms with van der Waals surface area (Å²) in [5.74, 6) is 2.68. The average molecular weight is 372 g/mol. The van der Waals surface area contributed by atoms with Gasteiger partial charge in [-0.15, -0.1) is 6.42 Å². The Kier molecular flexibility index (Phi) is 3.43. The minimum Gasteiger partial charge on any atom is -0.355 e. The number of para-hydroxylation sites is 1. The number of nitrogens with zero attached hydrogens (tertiary/aromatic N) is 3. The Hall–Kier alpha value is -3.79. The number of H-pyrrole nitrogens is 1. The lowest BCUT2D eigenvalue weighted by atomic mass is 9.95. The van der Waals surface area contributed by atoms with E-state index in [1.54, 1.807) is 12.1 Å². The van der Waals surface area contributed by atoms with Gasteiger partial charge in [-0.1, -0.05) is 18.1 Å². The maximum Gasteiger partial charge on any atom is 0.270 e. The smallest absolute Gasteiger partial charge is 0.270 e. The normalized spacial score (nSPS) is 17.7. The second-order valence-electron chi connectivity index (χ2n) is 6.98. The molecule has 3 aromatic rings. The molecule has 138 valence electrons. The van der Waals surface area contributed by atoms with Gasteiger partial charge in [0.05, 0.1) is 28.4 Å². The van der Waals surface area contributed by atoms with E-state index in [2.05, 4.69) is 10.9 Å². The highest BCUT2D eigenvalue weighted by molar-refractivity contribution is 6.02. The first-order valence-electron chi connectivity index (χ1n) is 8.99. The molecule has 1 aromatic heterocycles. The zero-order valence-corrected chi connectivity index (χ0v) is 14.9. The van der Waals surface area contributed by atoms with Crippen LogP contribution in [-0.2, 0) is 6.42 Å². The summed E-state index contributed by atoms with van der Waals surface area (Å²) in [6.45, 7) is 0.877. The number of nitro benzene ring substituents is 1. The first kappa shape index (κ1) is 16.4. The maximum absolute atomic E-state index is 13.1. The summed E-state index contributed by atoms with van der Waals surface area (Å²) in [4.78, 5) is 31.2. The lowest BCUT2D eigenvalue weighted by Gasteiger charge is -2.47. The third-order valence-corrected chi connectivity index (χ3v) is 5.55. The molecule has 1 N–H and O–H groups in total. The van der Waals surface area contributed by atoms with Crippen molar-refractivity contribution in [2.45, 2.75) is 12.6 Å². The summed E-state index contributed by atoms with van der Waals surface area (Å²) in [6.07, 6.45) is 5.92. The number of aromatic nitrogens is 1. The molecule has 7 nitrogen and oxygen atoms in total. The number of terminal acetylenes is 1. The average Bonchev–Trinajstić information content (AvgIpc) is 3.08. The maximum atomic E-state index is 13.1. The van der Waals surface area contributed by atoms with Crippen LogP contribution in [0.15, 0.2) is 42.5 Å². The highest BCUT2D eigenvalue weighted by Gasteiger charge is 2.42. The molecule has 7 heteroatoms. The Morgan fingerprint density at radius 3 is 2.89 bits per heavy atom. The van der Waals surface area contributed by atoms with Gasteiger partial charge in [0, 0.05) is 29.6 Å². The number of aromatic amines is 1. The van der Waals surface area contributed by atoms with Crippen molar-refractivity contribution >= 4 is 28.2 Å². The molecule has 0 saturated carbocycles. The second-order valence-corrected chi connectivity index (χ2v) is 6.98. The second kappa shape index (κ2) is 5.86. The van der Waals surface area contributed by atoms with Crippen molar-refractivity contribution in [3.8, 4) is 12.3 Å². The van der Waals surface area contributed by atoms with Crippen LogP contribution in [0.1, 0.15) is 27.8 Å². The highest BCUT2D eigenvalue weighted by atomic mass is 16.6. The van der Waals surface area contributed by atoms with Crippen molar-refractivity contribution in [3.05, 3.63) is 69.4 Å². The minimum absolute atomic E-state index is 0.0239. The van der Waals surface area contributed by atoms with E-state index >= 15 is 0 Å². The quantitative estimate of drug-likeness (QED) is 0.425. The number of benzene rings is 2. The van der Waals surface area contributed by atoms with Gasteiger partial charge in [0.15, 0.2) is 0 Å². The molecule has 0 bridgehead atoms. The standard InChI is InChI=1S/C21H16N4O3/c1-2-10-23-18-6-4-3-5-15(18)21(26)24-11-9-14-16-12-13(25(27)28)7-8-17(16)22-19(14)20(23)24/h1,3-8,12,20,22H,9-11H2. The van der Waals surface area contributed by atoms with E-state index in [0.717, 1.165) is 27.8 Å². The molecule has 28 heavy (non-hydrogen) atoms. The van der Waals surface area contributed by atoms with Gasteiger partial charge in [-0.05, 0) is 30.2 Å². The van der Waals surface area contributed by atoms with Gasteiger partial charge in [0.1, 0.15) is 6.17 Å². The zero-order chi connectivity index (χ0) is 19.4. The van der Waals surface area contributed by atoms with Crippen LogP contribution < -0.4 is 4.90 Å². The number of hydrogen-bond donors (Lipinski definition) is 1. The van der Waals surface area contributed by atoms with Crippen molar-refractivity contribution in [1.29, 1.82) is 0 Å². The number of nitrogens with one attached hydrogen (secondary N) is 1. The number of hydrogen-bond acceptors (Lipinski definition) is 4. The van der Waals surface area contributed by atoms with Crippen LogP contribution in [-0.4, -0.2) is 33.8 Å². The molecule has 5 rings (SSSR count). The molecule has 0 spiro atoms. The lowest BCUT2D eigenvalue weighted by Crippen LogP contribution is -2.52. The Balaban J connectivity index is 1.73. The summed E-state index contributed by atoms with van der Waals surface area (Å²) in [5, 5.41) is 12.0. The SMILES string of the molecule is C#CCN1c2ccccc2C(=O)N2CCc3c([nH]c4ccc([N+](=O)[O-])cc34)C21. The van der Waals surface area contributed by atoms with E-state index in [0.29, 0.717) is 25.1 Å². The predicted octanol–water partition coefficient (Wildman–Crippen LogP) is 3.23. The van der Waals surface area contributed by atoms with Gasteiger partial charge in [0.25, 0.3) is 11.6 Å². The summed E-state index contributed by atoms with van der Waals surface area (Å²) >= 11 is 0. The number of carbonyl (C=O) groups is 1. The third kappa shape index (κ3) is 2.15. The summed E-state index contributed by atoms with van der Waals surface area (Å²) < 4.78 is 0. The molecular weight excluding hydrogens is 356 g/mol. The summed E-state index contributed by atoms with van der Waals surface area (Å²) in [7, 11) is 0. The van der Waals surface area contributed by atoms with Gasteiger partial charge in [-0.25, -0.2) is 0 Å². The third-order valence-electron chi connectivity index (χ3n) is 5.55. The molecule has 0 saturated heterocycles. The first-order chi connectivity index (χ1) is 13.6. The van der Waals surface area contributed by atoms with E-state index in [1.165, 1.54) is 6.07 Å². The molecule has 0 fully saturated rings. The molecular formula is C21H16N4O3. The fourth-order valence-corrected chi connectivity index (χ4v) is 4.37. The molecule has 2 aliphatic heterocycles. The topological polar surface area (TPSA) is 82.5 Å². The van der Waals surface area contributed by atoms with Gasteiger partial charge in [-0.2, -0.15) is 0 Å². The summed E-state index contributed by atoms with van der Waals surface area (Å²) in [5.41, 5.74) is 4.22. The van der Waals surface area contributed by atoms with Crippen molar-refractivity contribution in [1.82, 2.24) is 9.88 Å². The van der Waals surface area contributed by atoms with Crippen molar-refractivity contribution in [2.24, 2.45) is 0 Å². The lowest BCUT2D eigenvalue weighted by molar-refractivity contribution is -0.384. The largest absolute Gasteiger partial charge is 0.355 e. The van der Waals surface area contributed by atoms with Gasteiger partial charge >= 0.3 is 0 Å². The molecule has 2 aliphatic rings. The number of non-ortho nitro benzene ring substituents is 1. The molecule has 0 aliphatic carbocycles. The van der Waals surface area contributed by atoms with Crippen LogP contribution in [0.5, 0.6) is 0 Å². The van der Waals surface area contributed by atoms with Crippen molar-refractivity contribution in [3.63, 3.8) is 0 Å². The first-order valence-corrected chi connectivity index (χ1v) is 8.99. The number of fused-ring (bicyclic) bond motifs is 6. The number of anilines is 1. The minimum atomic E-state index is -0.390. The van der Waals surface area contributed by atoms with Crippen LogP contribution in [0.4, 0.5) is 11.4 Å². The van der Waals surface area contributed by atoms with Gasteiger partial charge < -0.3 is 14.8 Å². The van der Waals surface area contributed by atoms with Crippen LogP contribution in [0, 0.1) is 22.5 Å². The van der Waals surface area contributed by atoms with Crippen LogP contribution in [0.25, 0.3) is 10.9 Å². The van der Waals surface area contributed by atoms with E-state index in [1.807, 2.05) is 34.1 Å². The monoisotopic (exact) mass is 372 g/mol. The fourth-order valence-electron chi connectivity index (χ4n) is 4.37.